The van der Waals surface area contributed by atoms with Gasteiger partial charge in [0.05, 0.1) is 16.8 Å². The summed E-state index contributed by atoms with van der Waals surface area (Å²) < 4.78 is 34.1. The Kier molecular flexibility index (Phi) is 9.17. The van der Waals surface area contributed by atoms with E-state index in [1.54, 1.807) is 30.3 Å². The number of hydrogen-bond acceptors (Lipinski definition) is 5. The fourth-order valence-electron chi connectivity index (χ4n) is 4.55. The van der Waals surface area contributed by atoms with Gasteiger partial charge in [-0.3, -0.25) is 9.10 Å². The predicted molar refractivity (Wildman–Crippen MR) is 172 cm³/mol. The number of sulfonamides is 1. The molecular formula is C35H33N3O4S. The fraction of sp³-hybridized carbons (Fsp3) is 0.143. The van der Waals surface area contributed by atoms with Crippen LogP contribution in [0.3, 0.4) is 0 Å². The van der Waals surface area contributed by atoms with Gasteiger partial charge in [0, 0.05) is 0 Å². The number of anilines is 1. The van der Waals surface area contributed by atoms with E-state index in [4.69, 9.17) is 4.74 Å². The number of hydrazone groups is 1. The molecule has 8 heteroatoms. The highest BCUT2D eigenvalue weighted by molar-refractivity contribution is 7.92. The van der Waals surface area contributed by atoms with E-state index in [0.717, 1.165) is 21.0 Å². The first kappa shape index (κ1) is 29.5. The molecule has 5 aromatic carbocycles. The first-order valence-corrected chi connectivity index (χ1v) is 15.4. The van der Waals surface area contributed by atoms with E-state index in [9.17, 15) is 13.2 Å². The van der Waals surface area contributed by atoms with Crippen molar-refractivity contribution in [2.75, 3.05) is 10.8 Å². The SMILES string of the molecule is CC(C)c1ccc(N(CC(=O)N/N=C\c2ccc(OCc3ccc4ccccc4c3)cc2)S(=O)(=O)c2ccccc2)cc1. The Labute approximate surface area is 252 Å². The number of amides is 1. The Morgan fingerprint density at radius 2 is 1.51 bits per heavy atom. The zero-order valence-corrected chi connectivity index (χ0v) is 24.9. The van der Waals surface area contributed by atoms with Crippen molar-refractivity contribution in [3.05, 3.63) is 138 Å². The molecule has 0 aliphatic rings. The molecule has 0 saturated carbocycles. The first-order valence-electron chi connectivity index (χ1n) is 14.0. The Bertz CT molecular complexity index is 1820. The lowest BCUT2D eigenvalue weighted by Crippen LogP contribution is -2.39. The molecule has 218 valence electrons. The zero-order chi connectivity index (χ0) is 30.2. The lowest BCUT2D eigenvalue weighted by Gasteiger charge is -2.24. The molecule has 1 amide bonds. The second kappa shape index (κ2) is 13.4. The van der Waals surface area contributed by atoms with Crippen molar-refractivity contribution in [2.45, 2.75) is 31.3 Å². The second-order valence-corrected chi connectivity index (χ2v) is 12.3. The quantitative estimate of drug-likeness (QED) is 0.134. The molecular weight excluding hydrogens is 558 g/mol. The minimum atomic E-state index is -3.99. The highest BCUT2D eigenvalue weighted by Crippen LogP contribution is 2.26. The van der Waals surface area contributed by atoms with Crippen molar-refractivity contribution in [3.8, 4) is 5.75 Å². The molecule has 7 nitrogen and oxygen atoms in total. The number of fused-ring (bicyclic) bond motifs is 1. The Hall–Kier alpha value is -4.95. The lowest BCUT2D eigenvalue weighted by molar-refractivity contribution is -0.119. The number of carbonyl (C=O) groups is 1. The maximum absolute atomic E-state index is 13.5. The second-order valence-electron chi connectivity index (χ2n) is 10.4. The topological polar surface area (TPSA) is 88.1 Å². The van der Waals surface area contributed by atoms with Crippen molar-refractivity contribution in [1.29, 1.82) is 0 Å². The lowest BCUT2D eigenvalue weighted by atomic mass is 10.0. The highest BCUT2D eigenvalue weighted by Gasteiger charge is 2.27. The normalized spacial score (nSPS) is 11.6. The van der Waals surface area contributed by atoms with E-state index in [1.807, 2.05) is 48.5 Å². The summed E-state index contributed by atoms with van der Waals surface area (Å²) in [6.07, 6.45) is 1.50. The molecule has 1 N–H and O–H groups in total. The van der Waals surface area contributed by atoms with E-state index in [0.29, 0.717) is 18.0 Å². The molecule has 0 fully saturated rings. The standard InChI is InChI=1S/C35H33N3O4S/c1-26(2)29-16-18-32(19-17-29)38(43(40,41)34-10-4-3-5-11-34)24-35(39)37-36-23-27-13-20-33(21-14-27)42-25-28-12-15-30-8-6-7-9-31(30)22-28/h3-23,26H,24-25H2,1-2H3,(H,37,39)/b36-23-. The zero-order valence-electron chi connectivity index (χ0n) is 24.1. The number of nitrogens with zero attached hydrogens (tertiary/aromatic N) is 2. The number of benzene rings is 5. The van der Waals surface area contributed by atoms with Crippen LogP contribution in [0.25, 0.3) is 10.8 Å². The van der Waals surface area contributed by atoms with Crippen molar-refractivity contribution < 1.29 is 17.9 Å². The smallest absolute Gasteiger partial charge is 0.264 e. The average molecular weight is 592 g/mol. The van der Waals surface area contributed by atoms with Gasteiger partial charge in [-0.15, -0.1) is 0 Å². The van der Waals surface area contributed by atoms with Crippen LogP contribution in [-0.2, 0) is 21.4 Å². The van der Waals surface area contributed by atoms with E-state index < -0.39 is 22.5 Å². The summed E-state index contributed by atoms with van der Waals surface area (Å²) >= 11 is 0. The van der Waals surface area contributed by atoms with Gasteiger partial charge in [0.25, 0.3) is 15.9 Å². The van der Waals surface area contributed by atoms with Crippen LogP contribution in [0.1, 0.15) is 36.5 Å². The predicted octanol–water partition coefficient (Wildman–Crippen LogP) is 6.89. The molecule has 5 rings (SSSR count). The molecule has 43 heavy (non-hydrogen) atoms. The summed E-state index contributed by atoms with van der Waals surface area (Å²) in [5.74, 6) is 0.426. The summed E-state index contributed by atoms with van der Waals surface area (Å²) in [7, 11) is -3.99. The van der Waals surface area contributed by atoms with E-state index in [2.05, 4.69) is 54.7 Å². The van der Waals surface area contributed by atoms with Crippen LogP contribution in [0, 0.1) is 0 Å². The molecule has 0 heterocycles. The van der Waals surface area contributed by atoms with E-state index in [-0.39, 0.29) is 10.8 Å². The number of rotatable bonds is 11. The van der Waals surface area contributed by atoms with Crippen LogP contribution in [-0.4, -0.2) is 27.1 Å². The molecule has 0 spiro atoms. The Balaban J connectivity index is 1.21. The van der Waals surface area contributed by atoms with Crippen molar-refractivity contribution in [2.24, 2.45) is 5.10 Å². The third-order valence-electron chi connectivity index (χ3n) is 6.97. The van der Waals surface area contributed by atoms with Gasteiger partial charge in [0.2, 0.25) is 0 Å². The first-order chi connectivity index (χ1) is 20.8. The van der Waals surface area contributed by atoms with Crippen LogP contribution in [0.5, 0.6) is 5.75 Å². The summed E-state index contributed by atoms with van der Waals surface area (Å²) in [5, 5.41) is 6.40. The molecule has 0 atom stereocenters. The van der Waals surface area contributed by atoms with Gasteiger partial charge >= 0.3 is 0 Å². The number of nitrogens with one attached hydrogen (secondary N) is 1. The third kappa shape index (κ3) is 7.47. The minimum absolute atomic E-state index is 0.0992. The van der Waals surface area contributed by atoms with Gasteiger partial charge in [0.15, 0.2) is 0 Å². The Morgan fingerprint density at radius 1 is 0.837 bits per heavy atom. The molecule has 0 radical (unpaired) electrons. The molecule has 0 saturated heterocycles. The molecule has 0 aliphatic carbocycles. The van der Waals surface area contributed by atoms with Gasteiger partial charge in [-0.25, -0.2) is 13.8 Å². The number of hydrogen-bond donors (Lipinski definition) is 1. The molecule has 0 bridgehead atoms. The van der Waals surface area contributed by atoms with Gasteiger partial charge in [-0.1, -0.05) is 80.6 Å². The van der Waals surface area contributed by atoms with Crippen LogP contribution < -0.4 is 14.5 Å². The molecule has 0 unspecified atom stereocenters. The molecule has 0 aliphatic heterocycles. The van der Waals surface area contributed by atoms with Crippen LogP contribution in [0.15, 0.2) is 131 Å². The maximum atomic E-state index is 13.5. The van der Waals surface area contributed by atoms with Crippen molar-refractivity contribution in [3.63, 3.8) is 0 Å². The van der Waals surface area contributed by atoms with Gasteiger partial charge in [-0.2, -0.15) is 5.10 Å². The molecule has 0 aromatic heterocycles. The largest absolute Gasteiger partial charge is 0.489 e. The maximum Gasteiger partial charge on any atom is 0.264 e. The van der Waals surface area contributed by atoms with Crippen LogP contribution >= 0.6 is 0 Å². The summed E-state index contributed by atoms with van der Waals surface area (Å²) in [4.78, 5) is 13.0. The minimum Gasteiger partial charge on any atom is -0.489 e. The highest BCUT2D eigenvalue weighted by atomic mass is 32.2. The number of carbonyl (C=O) groups excluding carboxylic acids is 1. The van der Waals surface area contributed by atoms with Crippen molar-refractivity contribution in [1.82, 2.24) is 5.43 Å². The van der Waals surface area contributed by atoms with Gasteiger partial charge < -0.3 is 4.74 Å². The van der Waals surface area contributed by atoms with Crippen LogP contribution in [0.2, 0.25) is 0 Å². The fourth-order valence-corrected chi connectivity index (χ4v) is 5.99. The summed E-state index contributed by atoms with van der Waals surface area (Å²) in [6, 6.07) is 37.0. The van der Waals surface area contributed by atoms with Gasteiger partial charge in [0.1, 0.15) is 18.9 Å². The molecule has 5 aromatic rings. The van der Waals surface area contributed by atoms with Crippen LogP contribution in [0.4, 0.5) is 5.69 Å². The summed E-state index contributed by atoms with van der Waals surface area (Å²) in [5.41, 5.74) is 5.74. The van der Waals surface area contributed by atoms with Crippen molar-refractivity contribution >= 4 is 38.6 Å². The summed E-state index contributed by atoms with van der Waals surface area (Å²) in [6.45, 7) is 4.13. The van der Waals surface area contributed by atoms with E-state index >= 15 is 0 Å². The third-order valence-corrected chi connectivity index (χ3v) is 8.76. The number of ether oxygens (including phenoxy) is 1. The van der Waals surface area contributed by atoms with E-state index in [1.165, 1.54) is 29.1 Å². The Morgan fingerprint density at radius 3 is 2.21 bits per heavy atom. The monoisotopic (exact) mass is 591 g/mol. The van der Waals surface area contributed by atoms with Gasteiger partial charge in [-0.05, 0) is 88.0 Å². The average Bonchev–Trinajstić information content (AvgIpc) is 3.03.